The molecule has 0 aromatic carbocycles. The lowest BCUT2D eigenvalue weighted by Gasteiger charge is -1.93. The van der Waals surface area contributed by atoms with Crippen LogP contribution in [0.25, 0.3) is 0 Å². The molecule has 0 unspecified atom stereocenters. The first-order valence-electron chi connectivity index (χ1n) is 2.96. The highest BCUT2D eigenvalue weighted by molar-refractivity contribution is 5.76. The summed E-state index contributed by atoms with van der Waals surface area (Å²) in [5, 5.41) is 0. The SMILES string of the molecule is NC(=O)Cc1ccncc1. The summed E-state index contributed by atoms with van der Waals surface area (Å²) in [6, 6.07) is 3.54. The third-order valence-corrected chi connectivity index (χ3v) is 1.13. The highest BCUT2D eigenvalue weighted by Crippen LogP contribution is 1.95. The molecular formula is C7H8N2O. The van der Waals surface area contributed by atoms with Gasteiger partial charge in [-0.25, -0.2) is 0 Å². The van der Waals surface area contributed by atoms with Crippen molar-refractivity contribution in [1.82, 2.24) is 4.98 Å². The Morgan fingerprint density at radius 2 is 2.10 bits per heavy atom. The highest BCUT2D eigenvalue weighted by atomic mass is 16.1. The van der Waals surface area contributed by atoms with Gasteiger partial charge >= 0.3 is 0 Å². The van der Waals surface area contributed by atoms with Crippen molar-refractivity contribution in [1.29, 1.82) is 0 Å². The Balaban J connectivity index is 2.67. The van der Waals surface area contributed by atoms with E-state index in [4.69, 9.17) is 5.73 Å². The number of nitrogens with zero attached hydrogens (tertiary/aromatic N) is 1. The fourth-order valence-electron chi connectivity index (χ4n) is 0.702. The summed E-state index contributed by atoms with van der Waals surface area (Å²) >= 11 is 0. The maximum absolute atomic E-state index is 10.4. The third-order valence-electron chi connectivity index (χ3n) is 1.13. The van der Waals surface area contributed by atoms with Gasteiger partial charge in [-0.2, -0.15) is 0 Å². The Bertz CT molecular complexity index is 220. The number of carbonyl (C=O) groups is 1. The number of aromatic nitrogens is 1. The van der Waals surface area contributed by atoms with Crippen molar-refractivity contribution in [3.05, 3.63) is 30.1 Å². The van der Waals surface area contributed by atoms with Gasteiger partial charge in [0, 0.05) is 12.4 Å². The zero-order chi connectivity index (χ0) is 7.40. The number of hydrogen-bond acceptors (Lipinski definition) is 2. The molecule has 1 rings (SSSR count). The Kier molecular flexibility index (Phi) is 1.99. The fourth-order valence-corrected chi connectivity index (χ4v) is 0.702. The van der Waals surface area contributed by atoms with E-state index in [1.54, 1.807) is 24.5 Å². The topological polar surface area (TPSA) is 56.0 Å². The molecule has 0 spiro atoms. The molecular weight excluding hydrogens is 128 g/mol. The first-order chi connectivity index (χ1) is 4.79. The van der Waals surface area contributed by atoms with Gasteiger partial charge in [0.2, 0.25) is 5.91 Å². The first kappa shape index (κ1) is 6.74. The number of rotatable bonds is 2. The minimum atomic E-state index is -0.314. The van der Waals surface area contributed by atoms with E-state index in [0.717, 1.165) is 5.56 Å². The number of pyridine rings is 1. The molecule has 1 amide bonds. The zero-order valence-corrected chi connectivity index (χ0v) is 5.45. The van der Waals surface area contributed by atoms with Gasteiger partial charge in [0.1, 0.15) is 0 Å². The van der Waals surface area contributed by atoms with Gasteiger partial charge in [0.25, 0.3) is 0 Å². The van der Waals surface area contributed by atoms with Crippen molar-refractivity contribution in [2.45, 2.75) is 6.42 Å². The van der Waals surface area contributed by atoms with Crippen LogP contribution in [0.15, 0.2) is 24.5 Å². The molecule has 0 aliphatic heterocycles. The summed E-state index contributed by atoms with van der Waals surface area (Å²) in [7, 11) is 0. The molecule has 10 heavy (non-hydrogen) atoms. The van der Waals surface area contributed by atoms with Crippen molar-refractivity contribution in [2.24, 2.45) is 5.73 Å². The predicted octanol–water partition coefficient (Wildman–Crippen LogP) is 0.109. The molecule has 1 heterocycles. The van der Waals surface area contributed by atoms with Crippen molar-refractivity contribution in [2.75, 3.05) is 0 Å². The van der Waals surface area contributed by atoms with Gasteiger partial charge in [0.15, 0.2) is 0 Å². The van der Waals surface area contributed by atoms with Gasteiger partial charge in [-0.3, -0.25) is 9.78 Å². The summed E-state index contributed by atoms with van der Waals surface area (Å²) < 4.78 is 0. The summed E-state index contributed by atoms with van der Waals surface area (Å²) in [4.78, 5) is 14.2. The average molecular weight is 136 g/mol. The standard InChI is InChI=1S/C7H8N2O/c8-7(10)5-6-1-3-9-4-2-6/h1-4H,5H2,(H2,8,10). The molecule has 3 nitrogen and oxygen atoms in total. The molecule has 2 N–H and O–H groups in total. The van der Waals surface area contributed by atoms with Crippen LogP contribution >= 0.6 is 0 Å². The van der Waals surface area contributed by atoms with E-state index in [2.05, 4.69) is 4.98 Å². The summed E-state index contributed by atoms with van der Waals surface area (Å²) in [6.45, 7) is 0. The van der Waals surface area contributed by atoms with E-state index in [1.807, 2.05) is 0 Å². The van der Waals surface area contributed by atoms with Crippen molar-refractivity contribution < 1.29 is 4.79 Å². The Morgan fingerprint density at radius 1 is 1.50 bits per heavy atom. The van der Waals surface area contributed by atoms with E-state index >= 15 is 0 Å². The van der Waals surface area contributed by atoms with Crippen LogP contribution in [0, 0.1) is 0 Å². The molecule has 0 bridgehead atoms. The lowest BCUT2D eigenvalue weighted by molar-refractivity contribution is -0.117. The smallest absolute Gasteiger partial charge is 0.221 e. The Labute approximate surface area is 58.9 Å². The van der Waals surface area contributed by atoms with E-state index in [1.165, 1.54) is 0 Å². The molecule has 0 atom stereocenters. The Hall–Kier alpha value is -1.38. The normalized spacial score (nSPS) is 9.20. The maximum atomic E-state index is 10.4. The first-order valence-corrected chi connectivity index (χ1v) is 2.96. The molecule has 0 saturated carbocycles. The van der Waals surface area contributed by atoms with Gasteiger partial charge in [-0.1, -0.05) is 0 Å². The van der Waals surface area contributed by atoms with Crippen LogP contribution < -0.4 is 5.73 Å². The van der Waals surface area contributed by atoms with Gasteiger partial charge in [0.05, 0.1) is 6.42 Å². The van der Waals surface area contributed by atoms with Crippen LogP contribution in [0.4, 0.5) is 0 Å². The molecule has 0 aliphatic rings. The van der Waals surface area contributed by atoms with Crippen LogP contribution in [-0.4, -0.2) is 10.9 Å². The van der Waals surface area contributed by atoms with Gasteiger partial charge < -0.3 is 5.73 Å². The fraction of sp³-hybridized carbons (Fsp3) is 0.143. The predicted molar refractivity (Wildman–Crippen MR) is 37.1 cm³/mol. The van der Waals surface area contributed by atoms with Crippen LogP contribution in [0.2, 0.25) is 0 Å². The lowest BCUT2D eigenvalue weighted by atomic mass is 10.2. The number of carbonyl (C=O) groups excluding carboxylic acids is 1. The zero-order valence-electron chi connectivity index (χ0n) is 5.45. The molecule has 0 saturated heterocycles. The third kappa shape index (κ3) is 1.85. The number of amides is 1. The maximum Gasteiger partial charge on any atom is 0.221 e. The second-order valence-electron chi connectivity index (χ2n) is 2.00. The molecule has 0 fully saturated rings. The monoisotopic (exact) mass is 136 g/mol. The molecule has 1 aromatic rings. The second-order valence-corrected chi connectivity index (χ2v) is 2.00. The molecule has 1 aromatic heterocycles. The van der Waals surface area contributed by atoms with E-state index in [-0.39, 0.29) is 5.91 Å². The van der Waals surface area contributed by atoms with E-state index in [9.17, 15) is 4.79 Å². The van der Waals surface area contributed by atoms with Crippen LogP contribution in [0.5, 0.6) is 0 Å². The number of hydrogen-bond donors (Lipinski definition) is 1. The van der Waals surface area contributed by atoms with Crippen molar-refractivity contribution in [3.63, 3.8) is 0 Å². The molecule has 3 heteroatoms. The molecule has 0 aliphatic carbocycles. The van der Waals surface area contributed by atoms with Crippen molar-refractivity contribution >= 4 is 5.91 Å². The minimum Gasteiger partial charge on any atom is -0.369 e. The number of nitrogens with two attached hydrogens (primary N) is 1. The van der Waals surface area contributed by atoms with Crippen LogP contribution in [0.3, 0.4) is 0 Å². The second kappa shape index (κ2) is 2.96. The minimum absolute atomic E-state index is 0.294. The molecule has 52 valence electrons. The highest BCUT2D eigenvalue weighted by Gasteiger charge is 1.94. The van der Waals surface area contributed by atoms with Crippen molar-refractivity contribution in [3.8, 4) is 0 Å². The quantitative estimate of drug-likeness (QED) is 0.627. The molecule has 0 radical (unpaired) electrons. The van der Waals surface area contributed by atoms with Crippen LogP contribution in [0.1, 0.15) is 5.56 Å². The number of primary amides is 1. The summed E-state index contributed by atoms with van der Waals surface area (Å²) in [5.74, 6) is -0.314. The summed E-state index contributed by atoms with van der Waals surface area (Å²) in [6.07, 6.45) is 3.57. The van der Waals surface area contributed by atoms with Crippen LogP contribution in [-0.2, 0) is 11.2 Å². The van der Waals surface area contributed by atoms with Gasteiger partial charge in [-0.15, -0.1) is 0 Å². The largest absolute Gasteiger partial charge is 0.369 e. The lowest BCUT2D eigenvalue weighted by Crippen LogP contribution is -2.13. The van der Waals surface area contributed by atoms with E-state index < -0.39 is 0 Å². The average Bonchev–Trinajstić information content (AvgIpc) is 1.88. The Morgan fingerprint density at radius 3 is 2.60 bits per heavy atom. The summed E-state index contributed by atoms with van der Waals surface area (Å²) in [5.41, 5.74) is 5.87. The van der Waals surface area contributed by atoms with Gasteiger partial charge in [-0.05, 0) is 17.7 Å². The van der Waals surface area contributed by atoms with E-state index in [0.29, 0.717) is 6.42 Å².